The average molecular weight is 515 g/mol. The molecule has 0 bridgehead atoms. The number of nitrogens with zero attached hydrogens (tertiary/aromatic N) is 6. The topological polar surface area (TPSA) is 118 Å². The molecule has 0 unspecified atom stereocenters. The Bertz CT molecular complexity index is 1900. The van der Waals surface area contributed by atoms with E-state index in [-0.39, 0.29) is 5.56 Å². The quantitative estimate of drug-likeness (QED) is 0.316. The van der Waals surface area contributed by atoms with E-state index in [1.54, 1.807) is 6.07 Å². The molecule has 3 aromatic heterocycles. The molecule has 0 saturated heterocycles. The molecule has 1 saturated carbocycles. The average Bonchev–Trinajstić information content (AvgIpc) is 3.43. The zero-order valence-electron chi connectivity index (χ0n) is 21.6. The van der Waals surface area contributed by atoms with E-state index in [0.29, 0.717) is 11.7 Å². The Morgan fingerprint density at radius 2 is 1.67 bits per heavy atom. The van der Waals surface area contributed by atoms with Crippen LogP contribution in [0.25, 0.3) is 50.5 Å². The first-order chi connectivity index (χ1) is 19.1. The summed E-state index contributed by atoms with van der Waals surface area (Å²) in [4.78, 5) is 17.0. The molecule has 1 aliphatic carbocycles. The third-order valence-electron chi connectivity index (χ3n) is 7.41. The molecular weight excluding hydrogens is 488 g/mol. The first-order valence-electron chi connectivity index (χ1n) is 13.1. The van der Waals surface area contributed by atoms with Gasteiger partial charge in [0.1, 0.15) is 5.82 Å². The second-order valence-electron chi connectivity index (χ2n) is 10.2. The highest BCUT2D eigenvalue weighted by Gasteiger charge is 2.27. The van der Waals surface area contributed by atoms with Gasteiger partial charge in [-0.25, -0.2) is 10.1 Å². The van der Waals surface area contributed by atoms with Gasteiger partial charge in [0.25, 0.3) is 5.56 Å². The van der Waals surface area contributed by atoms with Gasteiger partial charge in [-0.15, -0.1) is 10.2 Å². The Morgan fingerprint density at radius 1 is 0.897 bits per heavy atom. The summed E-state index contributed by atoms with van der Waals surface area (Å²) in [5.74, 6) is 2.25. The summed E-state index contributed by atoms with van der Waals surface area (Å²) < 4.78 is 2.30. The van der Waals surface area contributed by atoms with Gasteiger partial charge in [0.05, 0.1) is 22.4 Å². The Balaban J connectivity index is 1.50. The number of aryl methyl sites for hydroxylation is 2. The molecule has 0 spiro atoms. The van der Waals surface area contributed by atoms with Crippen molar-refractivity contribution in [3.8, 4) is 39.5 Å². The highest BCUT2D eigenvalue weighted by atomic mass is 16.1. The minimum Gasteiger partial charge on any atom is -0.296 e. The van der Waals surface area contributed by atoms with Crippen LogP contribution in [-0.4, -0.2) is 40.4 Å². The highest BCUT2D eigenvalue weighted by molar-refractivity contribution is 5.90. The van der Waals surface area contributed by atoms with Crippen LogP contribution in [0.2, 0.25) is 0 Å². The maximum Gasteiger partial charge on any atom is 0.264 e. The van der Waals surface area contributed by atoms with Crippen LogP contribution in [0.4, 0.5) is 0 Å². The number of benzene rings is 3. The summed E-state index contributed by atoms with van der Waals surface area (Å²) in [5.41, 5.74) is 9.37. The number of hydrogen-bond donors (Lipinski definition) is 2. The minimum atomic E-state index is -0.208. The third-order valence-corrected chi connectivity index (χ3v) is 7.41. The number of hydrogen-bond acceptors (Lipinski definition) is 6. The lowest BCUT2D eigenvalue weighted by Crippen LogP contribution is -2.08. The molecule has 0 radical (unpaired) electrons. The maximum atomic E-state index is 11.8. The van der Waals surface area contributed by atoms with Crippen LogP contribution in [0, 0.1) is 19.8 Å². The van der Waals surface area contributed by atoms with E-state index < -0.39 is 0 Å². The molecular formula is C30H26N8O. The van der Waals surface area contributed by atoms with Crippen molar-refractivity contribution in [2.45, 2.75) is 33.1 Å². The standard InChI is InChI=1S/C30H26N8O/c1-17-13-20(28-18(2)14-27(39)32-33-28)16-25-29(17)31-26(15-19-11-12-19)38(25)24-10-6-5-8-22(24)21-7-3-4-9-23(21)30-34-36-37-35-30/h3-10,13-14,16,19H,11-12,15H2,1-2H3,(H,32,39)(H,34,35,36,37). The fourth-order valence-corrected chi connectivity index (χ4v) is 5.39. The highest BCUT2D eigenvalue weighted by Crippen LogP contribution is 2.39. The van der Waals surface area contributed by atoms with Crippen molar-refractivity contribution in [2.75, 3.05) is 0 Å². The molecule has 7 rings (SSSR count). The van der Waals surface area contributed by atoms with Gasteiger partial charge in [0.15, 0.2) is 0 Å². The number of aromatic amines is 2. The summed E-state index contributed by atoms with van der Waals surface area (Å²) in [6, 6.07) is 22.3. The summed E-state index contributed by atoms with van der Waals surface area (Å²) in [5, 5.41) is 21.8. The van der Waals surface area contributed by atoms with Crippen molar-refractivity contribution in [3.63, 3.8) is 0 Å². The lowest BCUT2D eigenvalue weighted by molar-refractivity contribution is 0.759. The Kier molecular flexibility index (Phi) is 5.43. The molecule has 192 valence electrons. The Morgan fingerprint density at radius 3 is 2.41 bits per heavy atom. The van der Waals surface area contributed by atoms with E-state index in [4.69, 9.17) is 4.98 Å². The lowest BCUT2D eigenvalue weighted by atomic mass is 9.97. The number of nitrogens with one attached hydrogen (secondary N) is 2. The summed E-state index contributed by atoms with van der Waals surface area (Å²) >= 11 is 0. The predicted molar refractivity (Wildman–Crippen MR) is 149 cm³/mol. The van der Waals surface area contributed by atoms with Crippen LogP contribution in [0.1, 0.15) is 29.8 Å². The molecule has 1 fully saturated rings. The fourth-order valence-electron chi connectivity index (χ4n) is 5.39. The van der Waals surface area contributed by atoms with Crippen molar-refractivity contribution in [1.29, 1.82) is 0 Å². The third kappa shape index (κ3) is 4.12. The van der Waals surface area contributed by atoms with Crippen molar-refractivity contribution >= 4 is 11.0 Å². The van der Waals surface area contributed by atoms with Crippen LogP contribution in [0.5, 0.6) is 0 Å². The van der Waals surface area contributed by atoms with Crippen molar-refractivity contribution in [2.24, 2.45) is 5.92 Å². The van der Waals surface area contributed by atoms with Gasteiger partial charge in [0.2, 0.25) is 5.82 Å². The van der Waals surface area contributed by atoms with E-state index in [1.807, 2.05) is 25.1 Å². The molecule has 0 aliphatic heterocycles. The first-order valence-corrected chi connectivity index (χ1v) is 13.1. The molecule has 9 nitrogen and oxygen atoms in total. The molecule has 3 heterocycles. The van der Waals surface area contributed by atoms with Gasteiger partial charge in [-0.05, 0) is 72.7 Å². The summed E-state index contributed by atoms with van der Waals surface area (Å²) in [7, 11) is 0. The van der Waals surface area contributed by atoms with Gasteiger partial charge in [0, 0.05) is 29.2 Å². The largest absolute Gasteiger partial charge is 0.296 e. The van der Waals surface area contributed by atoms with E-state index >= 15 is 0 Å². The van der Waals surface area contributed by atoms with Crippen LogP contribution in [0.3, 0.4) is 0 Å². The molecule has 2 N–H and O–H groups in total. The second kappa shape index (κ2) is 9.13. The number of H-pyrrole nitrogens is 2. The van der Waals surface area contributed by atoms with Crippen molar-refractivity contribution in [1.82, 2.24) is 40.4 Å². The molecule has 0 amide bonds. The summed E-state index contributed by atoms with van der Waals surface area (Å²) in [6.07, 6.45) is 3.38. The maximum absolute atomic E-state index is 11.8. The van der Waals surface area contributed by atoms with E-state index in [1.165, 1.54) is 12.8 Å². The fraction of sp³-hybridized carbons (Fsp3) is 0.200. The zero-order valence-corrected chi connectivity index (χ0v) is 21.6. The Labute approximate surface area is 224 Å². The minimum absolute atomic E-state index is 0.208. The Hall–Kier alpha value is -4.92. The lowest BCUT2D eigenvalue weighted by Gasteiger charge is -2.17. The number of aromatic nitrogens is 8. The normalized spacial score (nSPS) is 13.3. The molecule has 3 aromatic carbocycles. The zero-order chi connectivity index (χ0) is 26.5. The van der Waals surface area contributed by atoms with Crippen LogP contribution in [-0.2, 0) is 6.42 Å². The molecule has 1 aliphatic rings. The number of rotatable bonds is 6. The van der Waals surface area contributed by atoms with E-state index in [0.717, 1.165) is 68.0 Å². The van der Waals surface area contributed by atoms with E-state index in [2.05, 4.69) is 84.8 Å². The SMILES string of the molecule is Cc1cc(=O)[nH]nc1-c1cc(C)c2nc(CC3CC3)n(-c3ccccc3-c3ccccc3-c3nn[nH]n3)c2c1. The molecule has 6 aromatic rings. The van der Waals surface area contributed by atoms with E-state index in [9.17, 15) is 4.79 Å². The first kappa shape index (κ1) is 23.2. The van der Waals surface area contributed by atoms with Gasteiger partial charge in [-0.3, -0.25) is 9.36 Å². The number of para-hydroxylation sites is 1. The van der Waals surface area contributed by atoms with Crippen molar-refractivity contribution in [3.05, 3.63) is 94.0 Å². The molecule has 39 heavy (non-hydrogen) atoms. The van der Waals surface area contributed by atoms with Gasteiger partial charge in [-0.2, -0.15) is 10.3 Å². The van der Waals surface area contributed by atoms with Crippen LogP contribution < -0.4 is 5.56 Å². The van der Waals surface area contributed by atoms with Gasteiger partial charge in [-0.1, -0.05) is 42.5 Å². The van der Waals surface area contributed by atoms with Gasteiger partial charge < -0.3 is 0 Å². The van der Waals surface area contributed by atoms with Crippen molar-refractivity contribution < 1.29 is 0 Å². The number of fused-ring (bicyclic) bond motifs is 1. The van der Waals surface area contributed by atoms with Gasteiger partial charge >= 0.3 is 0 Å². The predicted octanol–water partition coefficient (Wildman–Crippen LogP) is 5.19. The number of imidazole rings is 1. The smallest absolute Gasteiger partial charge is 0.264 e. The van der Waals surface area contributed by atoms with Crippen LogP contribution >= 0.6 is 0 Å². The number of tetrazole rings is 1. The van der Waals surface area contributed by atoms with Crippen LogP contribution in [0.15, 0.2) is 71.5 Å². The second-order valence-corrected chi connectivity index (χ2v) is 10.2. The molecule has 9 heteroatoms. The monoisotopic (exact) mass is 514 g/mol. The summed E-state index contributed by atoms with van der Waals surface area (Å²) in [6.45, 7) is 4.00. The molecule has 0 atom stereocenters.